The molecule has 0 unspecified atom stereocenters. The zero-order chi connectivity index (χ0) is 18.1. The van der Waals surface area contributed by atoms with Crippen molar-refractivity contribution >= 4 is 23.6 Å². The molecule has 0 aliphatic rings. The Bertz CT molecular complexity index is 723. The fourth-order valence-electron chi connectivity index (χ4n) is 1.96. The molecule has 1 heterocycles. The highest BCUT2D eigenvalue weighted by atomic mass is 32.2. The number of rotatable bonds is 9. The minimum absolute atomic E-state index is 0.133. The fraction of sp³-hybridized carbons (Fsp3) is 0.375. The molecule has 1 aromatic carbocycles. The number of carbonyl (C=O) groups is 2. The summed E-state index contributed by atoms with van der Waals surface area (Å²) in [7, 11) is 0. The van der Waals surface area contributed by atoms with Crippen LogP contribution in [0.1, 0.15) is 19.8 Å². The summed E-state index contributed by atoms with van der Waals surface area (Å²) in [6.07, 6.45) is 0.793. The van der Waals surface area contributed by atoms with Gasteiger partial charge in [-0.05, 0) is 25.5 Å². The summed E-state index contributed by atoms with van der Waals surface area (Å²) in [5.41, 5.74) is 0.324. The first kappa shape index (κ1) is 18.9. The largest absolute Gasteiger partial charge is 0.466 e. The molecule has 0 radical (unpaired) electrons. The molecule has 1 amide bonds. The van der Waals surface area contributed by atoms with Gasteiger partial charge in [0, 0.05) is 13.0 Å². The van der Waals surface area contributed by atoms with Crippen LogP contribution in [-0.4, -0.2) is 46.0 Å². The van der Waals surface area contributed by atoms with Gasteiger partial charge in [-0.3, -0.25) is 14.7 Å². The maximum Gasteiger partial charge on any atom is 0.305 e. The second-order valence-corrected chi connectivity index (χ2v) is 5.94. The van der Waals surface area contributed by atoms with Gasteiger partial charge in [-0.25, -0.2) is 9.37 Å². The van der Waals surface area contributed by atoms with Crippen molar-refractivity contribution < 1.29 is 18.7 Å². The molecule has 0 aliphatic heterocycles. The van der Waals surface area contributed by atoms with Crippen LogP contribution >= 0.6 is 11.8 Å². The van der Waals surface area contributed by atoms with E-state index in [0.717, 1.165) is 11.8 Å². The molecule has 0 atom stereocenters. The van der Waals surface area contributed by atoms with Gasteiger partial charge in [0.1, 0.15) is 5.82 Å². The second kappa shape index (κ2) is 9.77. The van der Waals surface area contributed by atoms with E-state index in [2.05, 4.69) is 20.5 Å². The highest BCUT2D eigenvalue weighted by Crippen LogP contribution is 2.21. The van der Waals surface area contributed by atoms with Crippen LogP contribution in [0.15, 0.2) is 29.4 Å². The number of thioether (sulfide) groups is 1. The van der Waals surface area contributed by atoms with Crippen molar-refractivity contribution in [3.05, 3.63) is 30.1 Å². The highest BCUT2D eigenvalue weighted by molar-refractivity contribution is 7.99. The topological polar surface area (TPSA) is 97.0 Å². The predicted octanol–water partition coefficient (Wildman–Crippen LogP) is 2.16. The molecule has 0 fully saturated rings. The van der Waals surface area contributed by atoms with E-state index in [0.29, 0.717) is 36.1 Å². The number of esters is 1. The van der Waals surface area contributed by atoms with E-state index < -0.39 is 5.82 Å². The Morgan fingerprint density at radius 2 is 2.16 bits per heavy atom. The molecule has 0 saturated heterocycles. The van der Waals surface area contributed by atoms with Gasteiger partial charge in [0.05, 0.1) is 17.9 Å². The molecule has 7 nitrogen and oxygen atoms in total. The second-order valence-electron chi connectivity index (χ2n) is 4.99. The van der Waals surface area contributed by atoms with Crippen LogP contribution in [0.3, 0.4) is 0 Å². The first-order chi connectivity index (χ1) is 12.1. The molecule has 0 bridgehead atoms. The molecule has 2 aromatic rings. The molecule has 0 saturated carbocycles. The molecule has 1 aromatic heterocycles. The average Bonchev–Trinajstić information content (AvgIpc) is 3.06. The lowest BCUT2D eigenvalue weighted by molar-refractivity contribution is -0.143. The number of amides is 1. The van der Waals surface area contributed by atoms with E-state index >= 15 is 0 Å². The van der Waals surface area contributed by atoms with E-state index in [1.165, 1.54) is 6.07 Å². The Labute approximate surface area is 148 Å². The third-order valence-electron chi connectivity index (χ3n) is 3.11. The van der Waals surface area contributed by atoms with Crippen LogP contribution in [0, 0.1) is 5.82 Å². The van der Waals surface area contributed by atoms with Gasteiger partial charge in [-0.1, -0.05) is 23.9 Å². The molecule has 0 aliphatic carbocycles. The average molecular weight is 366 g/mol. The predicted molar refractivity (Wildman–Crippen MR) is 91.4 cm³/mol. The zero-order valence-electron chi connectivity index (χ0n) is 13.8. The lowest BCUT2D eigenvalue weighted by Crippen LogP contribution is -2.26. The van der Waals surface area contributed by atoms with Crippen molar-refractivity contribution in [2.45, 2.75) is 24.9 Å². The van der Waals surface area contributed by atoms with Gasteiger partial charge in [0.2, 0.25) is 11.1 Å². The lowest BCUT2D eigenvalue weighted by Gasteiger charge is -2.04. The first-order valence-corrected chi connectivity index (χ1v) is 8.81. The summed E-state index contributed by atoms with van der Waals surface area (Å²) in [6, 6.07) is 6.24. The van der Waals surface area contributed by atoms with Gasteiger partial charge >= 0.3 is 5.97 Å². The van der Waals surface area contributed by atoms with Crippen molar-refractivity contribution in [1.82, 2.24) is 20.5 Å². The lowest BCUT2D eigenvalue weighted by atomic mass is 10.2. The number of hydrogen-bond acceptors (Lipinski definition) is 6. The Morgan fingerprint density at radius 1 is 1.36 bits per heavy atom. The molecule has 134 valence electrons. The Hall–Kier alpha value is -2.42. The molecular weight excluding hydrogens is 347 g/mol. The number of halogens is 1. The van der Waals surface area contributed by atoms with Crippen molar-refractivity contribution in [1.29, 1.82) is 0 Å². The summed E-state index contributed by atoms with van der Waals surface area (Å²) in [6.45, 7) is 2.50. The Balaban J connectivity index is 1.72. The fourth-order valence-corrected chi connectivity index (χ4v) is 2.59. The number of H-pyrrole nitrogens is 1. The number of ether oxygens (including phenoxy) is 1. The van der Waals surface area contributed by atoms with Gasteiger partial charge in [-0.15, -0.1) is 5.10 Å². The number of aromatic amines is 1. The number of hydrogen-bond donors (Lipinski definition) is 2. The number of aromatic nitrogens is 3. The summed E-state index contributed by atoms with van der Waals surface area (Å²) in [5.74, 6) is -0.405. The number of benzene rings is 1. The molecular formula is C16H19FN4O3S. The van der Waals surface area contributed by atoms with E-state index in [1.807, 2.05) is 0 Å². The van der Waals surface area contributed by atoms with Crippen LogP contribution in [0.4, 0.5) is 4.39 Å². The maximum atomic E-state index is 13.7. The van der Waals surface area contributed by atoms with Gasteiger partial charge in [0.25, 0.3) is 0 Å². The van der Waals surface area contributed by atoms with Gasteiger partial charge < -0.3 is 10.1 Å². The van der Waals surface area contributed by atoms with Crippen LogP contribution < -0.4 is 5.32 Å². The third-order valence-corrected chi connectivity index (χ3v) is 3.96. The molecule has 2 rings (SSSR count). The van der Waals surface area contributed by atoms with E-state index in [4.69, 9.17) is 4.74 Å². The molecule has 2 N–H and O–H groups in total. The maximum absolute atomic E-state index is 13.7. The molecule has 9 heteroatoms. The van der Waals surface area contributed by atoms with E-state index in [9.17, 15) is 14.0 Å². The van der Waals surface area contributed by atoms with Crippen LogP contribution in [-0.2, 0) is 14.3 Å². The number of nitrogens with zero attached hydrogens (tertiary/aromatic N) is 2. The third kappa shape index (κ3) is 6.18. The summed E-state index contributed by atoms with van der Waals surface area (Å²) in [5, 5.41) is 9.69. The van der Waals surface area contributed by atoms with Crippen molar-refractivity contribution in [3.8, 4) is 11.4 Å². The number of carbonyl (C=O) groups excluding carboxylic acids is 2. The SMILES string of the molecule is CCOC(=O)CCCNC(=O)CSc1n[nH]c(-c2ccccc2F)n1. The number of nitrogens with one attached hydrogen (secondary N) is 2. The minimum atomic E-state index is -0.394. The van der Waals surface area contributed by atoms with Crippen molar-refractivity contribution in [3.63, 3.8) is 0 Å². The highest BCUT2D eigenvalue weighted by Gasteiger charge is 2.11. The van der Waals surface area contributed by atoms with Crippen LogP contribution in [0.2, 0.25) is 0 Å². The minimum Gasteiger partial charge on any atom is -0.466 e. The van der Waals surface area contributed by atoms with Gasteiger partial charge in [-0.2, -0.15) is 0 Å². The first-order valence-electron chi connectivity index (χ1n) is 7.82. The summed E-state index contributed by atoms with van der Waals surface area (Å²) >= 11 is 1.14. The Kier molecular flexibility index (Phi) is 7.39. The zero-order valence-corrected chi connectivity index (χ0v) is 14.6. The van der Waals surface area contributed by atoms with Gasteiger partial charge in [0.15, 0.2) is 5.82 Å². The van der Waals surface area contributed by atoms with E-state index in [-0.39, 0.29) is 24.1 Å². The quantitative estimate of drug-likeness (QED) is 0.401. The monoisotopic (exact) mass is 366 g/mol. The van der Waals surface area contributed by atoms with Crippen molar-refractivity contribution in [2.24, 2.45) is 0 Å². The normalized spacial score (nSPS) is 10.5. The summed E-state index contributed by atoms with van der Waals surface area (Å²) in [4.78, 5) is 27.1. The summed E-state index contributed by atoms with van der Waals surface area (Å²) < 4.78 is 18.5. The smallest absolute Gasteiger partial charge is 0.305 e. The van der Waals surface area contributed by atoms with Crippen LogP contribution in [0.25, 0.3) is 11.4 Å². The molecule has 0 spiro atoms. The van der Waals surface area contributed by atoms with E-state index in [1.54, 1.807) is 25.1 Å². The molecule has 25 heavy (non-hydrogen) atoms. The van der Waals surface area contributed by atoms with Crippen molar-refractivity contribution in [2.75, 3.05) is 18.9 Å². The standard InChI is InChI=1S/C16H19FN4O3S/c1-2-24-14(23)8-5-9-18-13(22)10-25-16-19-15(20-21-16)11-6-3-4-7-12(11)17/h3-4,6-7H,2,5,8-10H2,1H3,(H,18,22)(H,19,20,21). The van der Waals surface area contributed by atoms with Crippen LogP contribution in [0.5, 0.6) is 0 Å². The Morgan fingerprint density at radius 3 is 2.92 bits per heavy atom.